The number of hydrogen-bond donors (Lipinski definition) is 2. The molecule has 0 radical (unpaired) electrons. The van der Waals surface area contributed by atoms with Gasteiger partial charge in [0.05, 0.1) is 11.5 Å². The molecule has 4 rings (SSSR count). The Balaban J connectivity index is 1.79. The number of ketones is 1. The Morgan fingerprint density at radius 3 is 2.42 bits per heavy atom. The van der Waals surface area contributed by atoms with Gasteiger partial charge in [-0.2, -0.15) is 13.2 Å². The topological polar surface area (TPSA) is 58.2 Å². The molecule has 1 aliphatic heterocycles. The van der Waals surface area contributed by atoms with Crippen molar-refractivity contribution in [1.82, 2.24) is 5.32 Å². The van der Waals surface area contributed by atoms with Crippen LogP contribution in [0.15, 0.2) is 58.9 Å². The Morgan fingerprint density at radius 2 is 1.81 bits per heavy atom. The lowest BCUT2D eigenvalue weighted by Crippen LogP contribution is -2.39. The van der Waals surface area contributed by atoms with Gasteiger partial charge in [-0.15, -0.1) is 11.3 Å². The summed E-state index contributed by atoms with van der Waals surface area (Å²) in [6, 6.07) is 8.56. The van der Waals surface area contributed by atoms with Crippen LogP contribution >= 0.6 is 11.3 Å². The molecule has 0 fully saturated rings. The molecule has 36 heavy (non-hydrogen) atoms. The number of dihydropyridines is 1. The summed E-state index contributed by atoms with van der Waals surface area (Å²) in [7, 11) is 0. The highest BCUT2D eigenvalue weighted by Crippen LogP contribution is 2.49. The molecule has 1 aromatic heterocycles. The molecule has 2 N–H and O–H groups in total. The van der Waals surface area contributed by atoms with Gasteiger partial charge >= 0.3 is 6.18 Å². The molecule has 2 heterocycles. The van der Waals surface area contributed by atoms with E-state index in [4.69, 9.17) is 0 Å². The van der Waals surface area contributed by atoms with E-state index in [9.17, 15) is 22.8 Å². The summed E-state index contributed by atoms with van der Waals surface area (Å²) in [5, 5.41) is 5.95. The van der Waals surface area contributed by atoms with E-state index in [1.165, 1.54) is 12.1 Å². The van der Waals surface area contributed by atoms with Crippen LogP contribution in [0.2, 0.25) is 0 Å². The molecule has 0 saturated heterocycles. The summed E-state index contributed by atoms with van der Waals surface area (Å²) in [6.07, 6.45) is -3.49. The average molecular weight is 517 g/mol. The number of benzene rings is 1. The van der Waals surface area contributed by atoms with Crippen molar-refractivity contribution in [3.05, 3.63) is 74.3 Å². The molecule has 0 bridgehead atoms. The maximum absolute atomic E-state index is 13.6. The molecule has 2 aliphatic rings. The number of thiophene rings is 1. The second kappa shape index (κ2) is 8.91. The third-order valence-corrected chi connectivity index (χ3v) is 8.16. The molecular formula is C28H31F3N2O2S. The average Bonchev–Trinajstić information content (AvgIpc) is 3.21. The molecule has 1 aromatic carbocycles. The van der Waals surface area contributed by atoms with Gasteiger partial charge in [0.1, 0.15) is 0 Å². The third kappa shape index (κ3) is 5.14. The van der Waals surface area contributed by atoms with Gasteiger partial charge < -0.3 is 10.6 Å². The number of hydrogen-bond acceptors (Lipinski definition) is 4. The van der Waals surface area contributed by atoms with E-state index in [1.807, 2.05) is 26.0 Å². The minimum atomic E-state index is -4.52. The van der Waals surface area contributed by atoms with E-state index in [0.29, 0.717) is 29.7 Å². The van der Waals surface area contributed by atoms with E-state index in [2.05, 4.69) is 31.4 Å². The molecule has 8 heteroatoms. The smallest absolute Gasteiger partial charge is 0.362 e. The lowest BCUT2D eigenvalue weighted by Gasteiger charge is -2.39. The highest BCUT2D eigenvalue weighted by Gasteiger charge is 2.43. The van der Waals surface area contributed by atoms with Crippen molar-refractivity contribution in [1.29, 1.82) is 0 Å². The van der Waals surface area contributed by atoms with Crippen LogP contribution in [0.3, 0.4) is 0 Å². The van der Waals surface area contributed by atoms with Gasteiger partial charge in [0.15, 0.2) is 5.78 Å². The van der Waals surface area contributed by atoms with Crippen LogP contribution in [0, 0.1) is 5.41 Å². The quantitative estimate of drug-likeness (QED) is 0.450. The number of Topliss-reactive ketones (excluding diaryl/α,β-unsaturated/α-hetero) is 1. The van der Waals surface area contributed by atoms with Crippen LogP contribution < -0.4 is 10.6 Å². The van der Waals surface area contributed by atoms with Gasteiger partial charge in [0.2, 0.25) is 0 Å². The van der Waals surface area contributed by atoms with Crippen LogP contribution in [-0.2, 0) is 21.2 Å². The Labute approximate surface area is 213 Å². The van der Waals surface area contributed by atoms with Crippen molar-refractivity contribution in [2.24, 2.45) is 5.41 Å². The zero-order chi connectivity index (χ0) is 26.6. The lowest BCUT2D eigenvalue weighted by atomic mass is 9.69. The van der Waals surface area contributed by atoms with Crippen molar-refractivity contribution < 1.29 is 22.8 Å². The number of allylic oxidation sites excluding steroid dienone is 3. The van der Waals surface area contributed by atoms with E-state index in [0.717, 1.165) is 27.6 Å². The molecule has 192 valence electrons. The first-order valence-corrected chi connectivity index (χ1v) is 12.7. The summed E-state index contributed by atoms with van der Waals surface area (Å²) in [6.45, 7) is 12.2. The van der Waals surface area contributed by atoms with Crippen LogP contribution in [0.1, 0.15) is 75.6 Å². The van der Waals surface area contributed by atoms with Gasteiger partial charge in [0, 0.05) is 44.4 Å². The highest BCUT2D eigenvalue weighted by atomic mass is 32.1. The number of carbonyl (C=O) groups is 2. The molecule has 2 aromatic rings. The fourth-order valence-corrected chi connectivity index (χ4v) is 6.09. The minimum absolute atomic E-state index is 0.0127. The minimum Gasteiger partial charge on any atom is -0.362 e. The summed E-state index contributed by atoms with van der Waals surface area (Å²) in [5.41, 5.74) is 1.23. The molecule has 1 atom stereocenters. The number of anilines is 1. The molecule has 0 spiro atoms. The number of amides is 1. The predicted octanol–water partition coefficient (Wildman–Crippen LogP) is 7.31. The molecule has 0 saturated carbocycles. The van der Waals surface area contributed by atoms with E-state index < -0.39 is 23.6 Å². The Bertz CT molecular complexity index is 1290. The third-order valence-electron chi connectivity index (χ3n) is 6.58. The number of rotatable bonds is 3. The molecule has 1 amide bonds. The second-order valence-electron chi connectivity index (χ2n) is 11.4. The zero-order valence-electron chi connectivity index (χ0n) is 21.3. The fourth-order valence-electron chi connectivity index (χ4n) is 4.90. The van der Waals surface area contributed by atoms with Gasteiger partial charge in [-0.1, -0.05) is 40.7 Å². The summed E-state index contributed by atoms with van der Waals surface area (Å²) in [4.78, 5) is 29.1. The number of nitrogens with one attached hydrogen (secondary N) is 2. The first-order valence-electron chi connectivity index (χ1n) is 11.9. The van der Waals surface area contributed by atoms with Crippen molar-refractivity contribution in [3.8, 4) is 0 Å². The largest absolute Gasteiger partial charge is 0.416 e. The van der Waals surface area contributed by atoms with E-state index in [-0.39, 0.29) is 22.3 Å². The highest BCUT2D eigenvalue weighted by molar-refractivity contribution is 7.12. The van der Waals surface area contributed by atoms with Crippen LogP contribution in [0.25, 0.3) is 0 Å². The molecule has 0 unspecified atom stereocenters. The van der Waals surface area contributed by atoms with E-state index in [1.54, 1.807) is 18.3 Å². The second-order valence-corrected chi connectivity index (χ2v) is 12.5. The summed E-state index contributed by atoms with van der Waals surface area (Å²) >= 11 is 1.56. The van der Waals surface area contributed by atoms with Crippen molar-refractivity contribution >= 4 is 28.7 Å². The first-order chi connectivity index (χ1) is 16.6. The van der Waals surface area contributed by atoms with Crippen molar-refractivity contribution in [3.63, 3.8) is 0 Å². The SMILES string of the molecule is CC1=C(C(=O)Nc2cccc(C(F)(F)F)c2)[C@H](c2ccc(C(C)(C)C)s2)C2=C(CC(C)(C)CC2=O)N1. The molecular weight excluding hydrogens is 485 g/mol. The fraction of sp³-hybridized carbons (Fsp3) is 0.429. The van der Waals surface area contributed by atoms with Crippen LogP contribution in [-0.4, -0.2) is 11.7 Å². The van der Waals surface area contributed by atoms with Crippen molar-refractivity contribution in [2.75, 3.05) is 5.32 Å². The monoisotopic (exact) mass is 516 g/mol. The summed E-state index contributed by atoms with van der Waals surface area (Å²) < 4.78 is 39.7. The molecule has 1 aliphatic carbocycles. The predicted molar refractivity (Wildman–Crippen MR) is 137 cm³/mol. The van der Waals surface area contributed by atoms with Gasteiger partial charge in [-0.25, -0.2) is 0 Å². The van der Waals surface area contributed by atoms with E-state index >= 15 is 0 Å². The Morgan fingerprint density at radius 1 is 1.11 bits per heavy atom. The number of carbonyl (C=O) groups excluding carboxylic acids is 2. The maximum atomic E-state index is 13.6. The number of halogens is 3. The summed E-state index contributed by atoms with van der Waals surface area (Å²) in [5.74, 6) is -1.13. The standard InChI is InChI=1S/C28H31F3N2O2S/c1-15-22(25(35)33-17-9-7-8-16(12-17)28(29,30)31)24(20-10-11-21(36-20)26(2,3)4)23-18(32-15)13-27(5,6)14-19(23)34/h7-12,24,32H,13-14H2,1-6H3,(H,33,35)/t24-/m0/s1. The maximum Gasteiger partial charge on any atom is 0.416 e. The van der Waals surface area contributed by atoms with Crippen LogP contribution in [0.5, 0.6) is 0 Å². The Hall–Kier alpha value is -2.87. The van der Waals surface area contributed by atoms with Crippen LogP contribution in [0.4, 0.5) is 18.9 Å². The number of alkyl halides is 3. The van der Waals surface area contributed by atoms with Gasteiger partial charge in [-0.3, -0.25) is 9.59 Å². The zero-order valence-corrected chi connectivity index (χ0v) is 22.1. The lowest BCUT2D eigenvalue weighted by molar-refractivity contribution is -0.137. The molecule has 4 nitrogen and oxygen atoms in total. The normalized spacial score (nSPS) is 20.2. The Kier molecular flexibility index (Phi) is 6.48. The first kappa shape index (κ1) is 26.2. The van der Waals surface area contributed by atoms with Gasteiger partial charge in [0.25, 0.3) is 5.91 Å². The van der Waals surface area contributed by atoms with Crippen molar-refractivity contribution in [2.45, 2.75) is 71.9 Å². The van der Waals surface area contributed by atoms with Gasteiger partial charge in [-0.05, 0) is 54.5 Å².